The third-order valence-corrected chi connectivity index (χ3v) is 8.13. The van der Waals surface area contributed by atoms with E-state index in [1.165, 1.54) is 31.0 Å². The van der Waals surface area contributed by atoms with Crippen molar-refractivity contribution in [2.75, 3.05) is 19.4 Å². The number of alkyl halides is 1. The van der Waals surface area contributed by atoms with Gasteiger partial charge in [0.15, 0.2) is 0 Å². The number of benzene rings is 1. The van der Waals surface area contributed by atoms with Crippen molar-refractivity contribution in [3.8, 4) is 0 Å². The summed E-state index contributed by atoms with van der Waals surface area (Å²) in [5.41, 5.74) is 0.609. The van der Waals surface area contributed by atoms with Crippen molar-refractivity contribution in [3.63, 3.8) is 0 Å². The first-order valence-corrected chi connectivity index (χ1v) is 10.9. The lowest BCUT2D eigenvalue weighted by atomic mass is 9.49. The van der Waals surface area contributed by atoms with Crippen LogP contribution >= 0.6 is 27.7 Å². The zero-order valence-electron chi connectivity index (χ0n) is 15.3. The highest BCUT2D eigenvalue weighted by molar-refractivity contribution is 9.10. The number of halogens is 1. The number of nitrogens with zero attached hydrogens (tertiary/aromatic N) is 1. The van der Waals surface area contributed by atoms with Gasteiger partial charge in [0, 0.05) is 29.0 Å². The summed E-state index contributed by atoms with van der Waals surface area (Å²) in [7, 11) is 3.48. The summed E-state index contributed by atoms with van der Waals surface area (Å²) < 4.78 is 0.182. The maximum atomic E-state index is 13.2. The van der Waals surface area contributed by atoms with E-state index in [1.54, 1.807) is 19.0 Å². The molecule has 0 heterocycles. The number of rotatable bonds is 3. The Kier molecular flexibility index (Phi) is 4.63. The molecule has 1 aromatic carbocycles. The number of amides is 2. The number of anilines is 1. The number of carbonyl (C=O) groups is 2. The molecular weight excluding hydrogens is 412 g/mol. The fraction of sp³-hybridized carbons (Fsp3) is 0.600. The summed E-state index contributed by atoms with van der Waals surface area (Å²) in [5, 5.41) is 3.15. The Hall–Kier alpha value is -1.01. The van der Waals surface area contributed by atoms with E-state index >= 15 is 0 Å². The second kappa shape index (κ2) is 6.55. The Morgan fingerprint density at radius 3 is 2.27 bits per heavy atom. The highest BCUT2D eigenvalue weighted by atomic mass is 79.9. The van der Waals surface area contributed by atoms with Gasteiger partial charge in [0.05, 0.1) is 5.41 Å². The average molecular weight is 437 g/mol. The van der Waals surface area contributed by atoms with Crippen LogP contribution in [0.2, 0.25) is 0 Å². The lowest BCUT2D eigenvalue weighted by Gasteiger charge is -2.59. The van der Waals surface area contributed by atoms with Gasteiger partial charge in [-0.25, -0.2) is 0 Å². The Balaban J connectivity index is 1.44. The Morgan fingerprint density at radius 2 is 1.73 bits per heavy atom. The van der Waals surface area contributed by atoms with Gasteiger partial charge in [0.25, 0.3) is 5.24 Å². The zero-order valence-corrected chi connectivity index (χ0v) is 17.7. The fourth-order valence-electron chi connectivity index (χ4n) is 5.48. The van der Waals surface area contributed by atoms with Crippen LogP contribution in [0.25, 0.3) is 0 Å². The molecule has 0 radical (unpaired) electrons. The molecule has 6 heteroatoms. The quantitative estimate of drug-likeness (QED) is 0.527. The van der Waals surface area contributed by atoms with E-state index in [0.29, 0.717) is 11.8 Å². The van der Waals surface area contributed by atoms with Gasteiger partial charge in [-0.2, -0.15) is 0 Å². The van der Waals surface area contributed by atoms with Gasteiger partial charge < -0.3 is 10.2 Å². The molecule has 4 nitrogen and oxygen atoms in total. The van der Waals surface area contributed by atoms with Crippen LogP contribution in [-0.2, 0) is 4.79 Å². The van der Waals surface area contributed by atoms with Crippen molar-refractivity contribution in [1.29, 1.82) is 0 Å². The first kappa shape index (κ1) is 18.4. The lowest BCUT2D eigenvalue weighted by Crippen LogP contribution is -2.57. The van der Waals surface area contributed by atoms with E-state index in [1.807, 2.05) is 24.3 Å². The summed E-state index contributed by atoms with van der Waals surface area (Å²) in [5.74, 6) is 1.56. The van der Waals surface area contributed by atoms with E-state index in [0.717, 1.165) is 29.8 Å². The third kappa shape index (κ3) is 3.42. The van der Waals surface area contributed by atoms with Crippen LogP contribution in [0, 0.1) is 17.3 Å². The maximum Gasteiger partial charge on any atom is 0.285 e. The number of thioether (sulfide) groups is 1. The summed E-state index contributed by atoms with van der Waals surface area (Å²) in [4.78, 5) is 27.4. The second-order valence-electron chi connectivity index (χ2n) is 8.63. The minimum absolute atomic E-state index is 0.00188. The average Bonchev–Trinajstić information content (AvgIpc) is 2.54. The zero-order chi connectivity index (χ0) is 18.5. The molecule has 0 aromatic heterocycles. The van der Waals surface area contributed by atoms with Crippen LogP contribution in [-0.4, -0.2) is 34.5 Å². The Labute approximate surface area is 167 Å². The number of carbonyl (C=O) groups excluding carboxylic acids is 2. The van der Waals surface area contributed by atoms with Gasteiger partial charge >= 0.3 is 0 Å². The monoisotopic (exact) mass is 436 g/mol. The molecule has 4 aliphatic carbocycles. The molecule has 1 N–H and O–H groups in total. The van der Waals surface area contributed by atoms with Gasteiger partial charge in [-0.05, 0) is 86.4 Å². The third-order valence-electron chi connectivity index (χ3n) is 6.15. The van der Waals surface area contributed by atoms with E-state index < -0.39 is 0 Å². The Bertz CT molecular complexity index is 720. The standard InChI is InChI=1S/C20H25BrN2O2S/c1-23(2)18(25)26-16-5-3-15(4-6-16)22-17(24)19-8-13-7-14(9-19)11-20(21,10-13)12-19/h3-6,13-14H,7-12H2,1-2H3,(H,22,24). The minimum atomic E-state index is -0.206. The maximum absolute atomic E-state index is 13.2. The number of hydrogen-bond acceptors (Lipinski definition) is 3. The lowest BCUT2D eigenvalue weighted by molar-refractivity contribution is -0.138. The van der Waals surface area contributed by atoms with Crippen molar-refractivity contribution in [1.82, 2.24) is 4.90 Å². The number of hydrogen-bond donors (Lipinski definition) is 1. The summed E-state index contributed by atoms with van der Waals surface area (Å²) >= 11 is 5.17. The predicted octanol–water partition coefficient (Wildman–Crippen LogP) is 5.13. The topological polar surface area (TPSA) is 49.4 Å². The molecule has 0 spiro atoms. The molecule has 0 saturated heterocycles. The molecule has 4 saturated carbocycles. The van der Waals surface area contributed by atoms with Gasteiger partial charge in [-0.3, -0.25) is 9.59 Å². The van der Waals surface area contributed by atoms with Gasteiger partial charge in [0.2, 0.25) is 5.91 Å². The molecule has 26 heavy (non-hydrogen) atoms. The molecule has 5 rings (SSSR count). The van der Waals surface area contributed by atoms with E-state index in [4.69, 9.17) is 0 Å². The smallest absolute Gasteiger partial charge is 0.285 e. The van der Waals surface area contributed by atoms with Crippen molar-refractivity contribution >= 4 is 44.5 Å². The van der Waals surface area contributed by atoms with Gasteiger partial charge in [0.1, 0.15) is 0 Å². The molecule has 4 aliphatic rings. The molecular formula is C20H25BrN2O2S. The van der Waals surface area contributed by atoms with E-state index in [9.17, 15) is 9.59 Å². The van der Waals surface area contributed by atoms with Crippen LogP contribution < -0.4 is 5.32 Å². The second-order valence-corrected chi connectivity index (χ2v) is 11.3. The molecule has 1 aromatic rings. The molecule has 4 fully saturated rings. The summed E-state index contributed by atoms with van der Waals surface area (Å²) in [6.07, 6.45) is 6.79. The first-order valence-electron chi connectivity index (χ1n) is 9.27. The Morgan fingerprint density at radius 1 is 1.12 bits per heavy atom. The molecule has 2 unspecified atom stereocenters. The van der Waals surface area contributed by atoms with Gasteiger partial charge in [-0.1, -0.05) is 15.9 Å². The summed E-state index contributed by atoms with van der Waals surface area (Å²) in [6.45, 7) is 0. The summed E-state index contributed by atoms with van der Waals surface area (Å²) in [6, 6.07) is 7.59. The van der Waals surface area contributed by atoms with E-state index in [2.05, 4.69) is 21.2 Å². The molecule has 140 valence electrons. The van der Waals surface area contributed by atoms with Gasteiger partial charge in [-0.15, -0.1) is 0 Å². The highest BCUT2D eigenvalue weighted by Gasteiger charge is 2.59. The van der Waals surface area contributed by atoms with E-state index in [-0.39, 0.29) is 20.9 Å². The van der Waals surface area contributed by atoms with Crippen molar-refractivity contribution in [3.05, 3.63) is 24.3 Å². The van der Waals surface area contributed by atoms with Crippen molar-refractivity contribution < 1.29 is 9.59 Å². The molecule has 0 aliphatic heterocycles. The normalized spacial score (nSPS) is 34.6. The van der Waals surface area contributed by atoms with Crippen molar-refractivity contribution in [2.24, 2.45) is 17.3 Å². The number of nitrogens with one attached hydrogen (secondary N) is 1. The fourth-order valence-corrected chi connectivity index (χ4v) is 7.59. The first-order chi connectivity index (χ1) is 12.3. The minimum Gasteiger partial charge on any atom is -0.339 e. The SMILES string of the molecule is CN(C)C(=O)Sc1ccc(NC(=O)C23CC4CC(CC(Br)(C4)C2)C3)cc1. The predicted molar refractivity (Wildman–Crippen MR) is 109 cm³/mol. The molecule has 2 atom stereocenters. The van der Waals surface area contributed by atoms with Crippen LogP contribution in [0.15, 0.2) is 29.2 Å². The molecule has 2 amide bonds. The van der Waals surface area contributed by atoms with Crippen LogP contribution in [0.3, 0.4) is 0 Å². The van der Waals surface area contributed by atoms with Crippen molar-refractivity contribution in [2.45, 2.75) is 47.7 Å². The van der Waals surface area contributed by atoms with Crippen LogP contribution in [0.5, 0.6) is 0 Å². The van der Waals surface area contributed by atoms with Crippen LogP contribution in [0.4, 0.5) is 10.5 Å². The highest BCUT2D eigenvalue weighted by Crippen LogP contribution is 2.64. The molecule has 4 bridgehead atoms. The van der Waals surface area contributed by atoms with Crippen LogP contribution in [0.1, 0.15) is 38.5 Å². The largest absolute Gasteiger partial charge is 0.339 e.